The van der Waals surface area contributed by atoms with Gasteiger partial charge in [0, 0.05) is 13.0 Å². The first-order valence-corrected chi connectivity index (χ1v) is 6.21. The molecule has 0 saturated carbocycles. The van der Waals surface area contributed by atoms with Gasteiger partial charge in [0.25, 0.3) is 0 Å². The van der Waals surface area contributed by atoms with Crippen molar-refractivity contribution in [3.05, 3.63) is 0 Å². The Bertz CT molecular complexity index is 154. The van der Waals surface area contributed by atoms with Gasteiger partial charge in [-0.3, -0.25) is 9.69 Å². The topological polar surface area (TPSA) is 29.5 Å². The van der Waals surface area contributed by atoms with Gasteiger partial charge >= 0.3 is 5.97 Å². The maximum atomic E-state index is 10.8. The zero-order chi connectivity index (χ0) is 11.5. The Hall–Kier alpha value is -0.570. The van der Waals surface area contributed by atoms with E-state index in [0.29, 0.717) is 13.0 Å². The number of likely N-dealkylation sites (tertiary alicyclic amines) is 1. The van der Waals surface area contributed by atoms with Crippen LogP contribution in [-0.2, 0) is 9.53 Å². The molecule has 0 aliphatic carbocycles. The van der Waals surface area contributed by atoms with Crippen molar-refractivity contribution in [1.29, 1.82) is 0 Å². The molecule has 0 aromatic heterocycles. The minimum absolute atomic E-state index is 0.0861. The summed E-state index contributed by atoms with van der Waals surface area (Å²) in [5.41, 5.74) is 0. The van der Waals surface area contributed by atoms with Crippen molar-refractivity contribution in [2.75, 3.05) is 26.2 Å². The maximum absolute atomic E-state index is 10.8. The van der Waals surface area contributed by atoms with Crippen LogP contribution in [-0.4, -0.2) is 37.1 Å². The van der Waals surface area contributed by atoms with E-state index in [4.69, 9.17) is 4.74 Å². The molecule has 1 fully saturated rings. The SMILES string of the molecule is CC.CCC(=O)OCCN1CCCCC1. The van der Waals surface area contributed by atoms with E-state index in [1.807, 2.05) is 20.8 Å². The van der Waals surface area contributed by atoms with Crippen molar-refractivity contribution in [3.8, 4) is 0 Å². The van der Waals surface area contributed by atoms with Gasteiger partial charge in [-0.25, -0.2) is 0 Å². The second kappa shape index (κ2) is 9.97. The van der Waals surface area contributed by atoms with Crippen LogP contribution >= 0.6 is 0 Å². The summed E-state index contributed by atoms with van der Waals surface area (Å²) < 4.78 is 5.01. The molecule has 1 rings (SSSR count). The highest BCUT2D eigenvalue weighted by Gasteiger charge is 2.09. The lowest BCUT2D eigenvalue weighted by Gasteiger charge is -2.25. The Morgan fingerprint density at radius 2 is 1.80 bits per heavy atom. The minimum Gasteiger partial charge on any atom is -0.464 e. The van der Waals surface area contributed by atoms with Crippen LogP contribution in [0.15, 0.2) is 0 Å². The lowest BCUT2D eigenvalue weighted by molar-refractivity contribution is -0.143. The van der Waals surface area contributed by atoms with Crippen LogP contribution in [0.25, 0.3) is 0 Å². The average Bonchev–Trinajstić information content (AvgIpc) is 2.33. The van der Waals surface area contributed by atoms with Gasteiger partial charge in [-0.15, -0.1) is 0 Å². The molecular formula is C12H25NO2. The largest absolute Gasteiger partial charge is 0.464 e. The van der Waals surface area contributed by atoms with Gasteiger partial charge in [0.1, 0.15) is 6.61 Å². The molecule has 0 aromatic carbocycles. The summed E-state index contributed by atoms with van der Waals surface area (Å²) in [6.07, 6.45) is 4.43. The van der Waals surface area contributed by atoms with E-state index in [0.717, 1.165) is 6.54 Å². The molecule has 0 aromatic rings. The molecule has 0 radical (unpaired) electrons. The van der Waals surface area contributed by atoms with Crippen molar-refractivity contribution in [2.24, 2.45) is 0 Å². The number of piperidine rings is 1. The molecule has 1 aliphatic rings. The molecule has 0 N–H and O–H groups in total. The van der Waals surface area contributed by atoms with Gasteiger partial charge < -0.3 is 4.74 Å². The standard InChI is InChI=1S/C10H19NO2.C2H6/c1-2-10(12)13-9-8-11-6-4-3-5-7-11;1-2/h2-9H2,1H3;1-2H3. The molecule has 1 heterocycles. The molecule has 15 heavy (non-hydrogen) atoms. The molecule has 1 saturated heterocycles. The number of hydrogen-bond acceptors (Lipinski definition) is 3. The summed E-state index contributed by atoms with van der Waals surface area (Å²) in [5.74, 6) is -0.0861. The average molecular weight is 215 g/mol. The Labute approximate surface area is 93.8 Å². The molecule has 90 valence electrons. The van der Waals surface area contributed by atoms with E-state index in [1.165, 1.54) is 32.4 Å². The van der Waals surface area contributed by atoms with Crippen molar-refractivity contribution in [2.45, 2.75) is 46.5 Å². The summed E-state index contributed by atoms with van der Waals surface area (Å²) in [6.45, 7) is 9.63. The first-order valence-electron chi connectivity index (χ1n) is 6.21. The van der Waals surface area contributed by atoms with E-state index in [9.17, 15) is 4.79 Å². The Kier molecular flexibility index (Phi) is 9.59. The summed E-state index contributed by atoms with van der Waals surface area (Å²) in [7, 11) is 0. The van der Waals surface area contributed by atoms with Crippen LogP contribution in [0.4, 0.5) is 0 Å². The predicted octanol–water partition coefficient (Wildman–Crippen LogP) is 2.45. The van der Waals surface area contributed by atoms with E-state index < -0.39 is 0 Å². The highest BCUT2D eigenvalue weighted by Crippen LogP contribution is 2.07. The van der Waals surface area contributed by atoms with E-state index in [2.05, 4.69) is 4.90 Å². The van der Waals surface area contributed by atoms with Crippen molar-refractivity contribution >= 4 is 5.97 Å². The molecule has 0 amide bonds. The number of rotatable bonds is 4. The van der Waals surface area contributed by atoms with Crippen LogP contribution in [0.2, 0.25) is 0 Å². The number of ether oxygens (including phenoxy) is 1. The third-order valence-electron chi connectivity index (χ3n) is 2.41. The highest BCUT2D eigenvalue weighted by atomic mass is 16.5. The quantitative estimate of drug-likeness (QED) is 0.675. The number of esters is 1. The fourth-order valence-corrected chi connectivity index (χ4v) is 1.57. The third-order valence-corrected chi connectivity index (χ3v) is 2.41. The molecule has 0 atom stereocenters. The van der Waals surface area contributed by atoms with Crippen molar-refractivity contribution in [1.82, 2.24) is 4.90 Å². The summed E-state index contributed by atoms with van der Waals surface area (Å²) >= 11 is 0. The normalized spacial score (nSPS) is 16.5. The molecule has 3 nitrogen and oxygen atoms in total. The van der Waals surface area contributed by atoms with Crippen LogP contribution in [0.3, 0.4) is 0 Å². The van der Waals surface area contributed by atoms with E-state index in [1.54, 1.807) is 0 Å². The van der Waals surface area contributed by atoms with Crippen molar-refractivity contribution in [3.63, 3.8) is 0 Å². The minimum atomic E-state index is -0.0861. The number of carbonyl (C=O) groups excluding carboxylic acids is 1. The van der Waals surface area contributed by atoms with Crippen LogP contribution in [0.5, 0.6) is 0 Å². The molecule has 0 bridgehead atoms. The van der Waals surface area contributed by atoms with E-state index in [-0.39, 0.29) is 5.97 Å². The summed E-state index contributed by atoms with van der Waals surface area (Å²) in [5, 5.41) is 0. The van der Waals surface area contributed by atoms with Crippen LogP contribution in [0.1, 0.15) is 46.5 Å². The number of hydrogen-bond donors (Lipinski definition) is 0. The molecular weight excluding hydrogens is 190 g/mol. The Morgan fingerprint density at radius 3 is 2.33 bits per heavy atom. The first kappa shape index (κ1) is 14.4. The Morgan fingerprint density at radius 1 is 1.20 bits per heavy atom. The highest BCUT2D eigenvalue weighted by molar-refractivity contribution is 5.68. The lowest BCUT2D eigenvalue weighted by atomic mass is 10.1. The van der Waals surface area contributed by atoms with Gasteiger partial charge in [0.15, 0.2) is 0 Å². The lowest BCUT2D eigenvalue weighted by Crippen LogP contribution is -2.33. The number of carbonyl (C=O) groups is 1. The third kappa shape index (κ3) is 7.37. The van der Waals surface area contributed by atoms with Gasteiger partial charge in [0.05, 0.1) is 0 Å². The molecule has 0 unspecified atom stereocenters. The van der Waals surface area contributed by atoms with Crippen LogP contribution < -0.4 is 0 Å². The van der Waals surface area contributed by atoms with Crippen molar-refractivity contribution < 1.29 is 9.53 Å². The second-order valence-electron chi connectivity index (χ2n) is 3.48. The fraction of sp³-hybridized carbons (Fsp3) is 0.917. The predicted molar refractivity (Wildman–Crippen MR) is 62.9 cm³/mol. The molecule has 0 spiro atoms. The first-order chi connectivity index (χ1) is 7.33. The van der Waals surface area contributed by atoms with Gasteiger partial charge in [0.2, 0.25) is 0 Å². The zero-order valence-electron chi connectivity index (χ0n) is 10.4. The van der Waals surface area contributed by atoms with Gasteiger partial charge in [-0.05, 0) is 25.9 Å². The number of nitrogens with zero attached hydrogens (tertiary/aromatic N) is 1. The fourth-order valence-electron chi connectivity index (χ4n) is 1.57. The van der Waals surface area contributed by atoms with Crippen LogP contribution in [0, 0.1) is 0 Å². The second-order valence-corrected chi connectivity index (χ2v) is 3.48. The van der Waals surface area contributed by atoms with Gasteiger partial charge in [-0.1, -0.05) is 27.2 Å². The van der Waals surface area contributed by atoms with E-state index >= 15 is 0 Å². The Balaban J connectivity index is 0.000000921. The maximum Gasteiger partial charge on any atom is 0.305 e. The zero-order valence-corrected chi connectivity index (χ0v) is 10.4. The molecule has 3 heteroatoms. The monoisotopic (exact) mass is 215 g/mol. The smallest absolute Gasteiger partial charge is 0.305 e. The van der Waals surface area contributed by atoms with Gasteiger partial charge in [-0.2, -0.15) is 0 Å². The summed E-state index contributed by atoms with van der Waals surface area (Å²) in [4.78, 5) is 13.2. The summed E-state index contributed by atoms with van der Waals surface area (Å²) in [6, 6.07) is 0. The molecule has 1 aliphatic heterocycles.